The zero-order valence-corrected chi connectivity index (χ0v) is 13.1. The third-order valence-electron chi connectivity index (χ3n) is 3.16. The van der Waals surface area contributed by atoms with Crippen LogP contribution in [-0.2, 0) is 6.42 Å². The normalized spacial score (nSPS) is 11.5. The van der Waals surface area contributed by atoms with Gasteiger partial charge in [0.05, 0.1) is 17.6 Å². The molecule has 0 radical (unpaired) electrons. The Balaban J connectivity index is 2.21. The number of allylic oxidation sites excluding steroid dienone is 1. The van der Waals surface area contributed by atoms with Gasteiger partial charge in [-0.1, -0.05) is 33.3 Å². The van der Waals surface area contributed by atoms with E-state index in [1.165, 1.54) is 0 Å². The van der Waals surface area contributed by atoms with Crippen molar-refractivity contribution < 1.29 is 0 Å². The summed E-state index contributed by atoms with van der Waals surface area (Å²) in [5.41, 5.74) is 3.06. The minimum Gasteiger partial charge on any atom is -0.322 e. The molecule has 21 heavy (non-hydrogen) atoms. The average Bonchev–Trinajstić information content (AvgIpc) is 2.91. The molecule has 0 aliphatic heterocycles. The van der Waals surface area contributed by atoms with Crippen molar-refractivity contribution in [2.75, 3.05) is 5.32 Å². The summed E-state index contributed by atoms with van der Waals surface area (Å²) in [7, 11) is 0. The molecule has 112 valence electrons. The second-order valence-corrected chi connectivity index (χ2v) is 5.33. The molecule has 0 fully saturated rings. The van der Waals surface area contributed by atoms with E-state index in [-0.39, 0.29) is 0 Å². The van der Waals surface area contributed by atoms with Gasteiger partial charge >= 0.3 is 0 Å². The van der Waals surface area contributed by atoms with Crippen LogP contribution < -0.4 is 5.32 Å². The number of aromatic amines is 1. The molecule has 0 aromatic carbocycles. The van der Waals surface area contributed by atoms with Crippen LogP contribution in [0.2, 0.25) is 0 Å². The molecule has 2 aromatic heterocycles. The summed E-state index contributed by atoms with van der Waals surface area (Å²) < 4.78 is 0. The second kappa shape index (κ2) is 7.02. The number of H-pyrrole nitrogens is 1. The van der Waals surface area contributed by atoms with E-state index in [4.69, 9.17) is 0 Å². The minimum absolute atomic E-state index is 0.423. The fourth-order valence-electron chi connectivity index (χ4n) is 2.04. The quantitative estimate of drug-likeness (QED) is 0.840. The van der Waals surface area contributed by atoms with Crippen LogP contribution in [0.1, 0.15) is 57.1 Å². The number of nitrogens with one attached hydrogen (secondary N) is 2. The van der Waals surface area contributed by atoms with E-state index in [1.807, 2.05) is 25.1 Å². The van der Waals surface area contributed by atoms with Crippen LogP contribution in [0, 0.1) is 0 Å². The molecule has 0 aliphatic rings. The Morgan fingerprint density at radius 3 is 2.76 bits per heavy atom. The van der Waals surface area contributed by atoms with Crippen molar-refractivity contribution >= 4 is 17.7 Å². The topological polar surface area (TPSA) is 66.5 Å². The van der Waals surface area contributed by atoms with Crippen molar-refractivity contribution in [2.45, 2.75) is 46.5 Å². The number of aryl methyl sites for hydroxylation is 1. The Bertz CT molecular complexity index is 613. The van der Waals surface area contributed by atoms with E-state index in [0.717, 1.165) is 41.6 Å². The van der Waals surface area contributed by atoms with Gasteiger partial charge in [0.15, 0.2) is 5.82 Å². The molecule has 0 unspecified atom stereocenters. The summed E-state index contributed by atoms with van der Waals surface area (Å²) in [5.74, 6) is 1.93. The highest BCUT2D eigenvalue weighted by Gasteiger charge is 2.08. The zero-order chi connectivity index (χ0) is 15.2. The van der Waals surface area contributed by atoms with Crippen molar-refractivity contribution in [3.05, 3.63) is 35.4 Å². The van der Waals surface area contributed by atoms with Crippen molar-refractivity contribution in [1.29, 1.82) is 0 Å². The molecular formula is C16H23N5. The van der Waals surface area contributed by atoms with Gasteiger partial charge in [-0.25, -0.2) is 4.98 Å². The van der Waals surface area contributed by atoms with E-state index in [9.17, 15) is 0 Å². The third kappa shape index (κ3) is 3.90. The predicted molar refractivity (Wildman–Crippen MR) is 86.7 cm³/mol. The fraction of sp³-hybridized carbons (Fsp3) is 0.438. The fourth-order valence-corrected chi connectivity index (χ4v) is 2.04. The number of anilines is 2. The lowest BCUT2D eigenvalue weighted by Gasteiger charge is -2.07. The number of rotatable bonds is 6. The lowest BCUT2D eigenvalue weighted by Crippen LogP contribution is -2.02. The van der Waals surface area contributed by atoms with Crippen molar-refractivity contribution in [2.24, 2.45) is 0 Å². The summed E-state index contributed by atoms with van der Waals surface area (Å²) in [6.07, 6.45) is 7.69. The highest BCUT2D eigenvalue weighted by Crippen LogP contribution is 2.19. The highest BCUT2D eigenvalue weighted by atomic mass is 15.2. The molecule has 0 atom stereocenters. The first-order chi connectivity index (χ1) is 10.1. The van der Waals surface area contributed by atoms with Gasteiger partial charge in [-0.05, 0) is 25.3 Å². The molecule has 2 aromatic rings. The monoisotopic (exact) mass is 285 g/mol. The molecule has 5 heteroatoms. The molecule has 0 saturated heterocycles. The van der Waals surface area contributed by atoms with E-state index < -0.39 is 0 Å². The van der Waals surface area contributed by atoms with E-state index in [2.05, 4.69) is 46.3 Å². The molecule has 0 amide bonds. The third-order valence-corrected chi connectivity index (χ3v) is 3.16. The maximum Gasteiger partial charge on any atom is 0.153 e. The second-order valence-electron chi connectivity index (χ2n) is 5.33. The summed E-state index contributed by atoms with van der Waals surface area (Å²) in [5, 5.41) is 10.5. The van der Waals surface area contributed by atoms with Gasteiger partial charge in [-0.15, -0.1) is 0 Å². The first kappa shape index (κ1) is 15.2. The van der Waals surface area contributed by atoms with Gasteiger partial charge in [0.1, 0.15) is 5.82 Å². The van der Waals surface area contributed by atoms with Gasteiger partial charge < -0.3 is 5.32 Å². The SMILES string of the molecule is C/C=C\c1ncc(Nc2cc(C(C)C)[nH]n2)nc1CCC. The lowest BCUT2D eigenvalue weighted by molar-refractivity contribution is 0.811. The van der Waals surface area contributed by atoms with E-state index in [0.29, 0.717) is 5.92 Å². The van der Waals surface area contributed by atoms with Crippen LogP contribution >= 0.6 is 0 Å². The van der Waals surface area contributed by atoms with Crippen molar-refractivity contribution in [1.82, 2.24) is 20.2 Å². The Kier molecular flexibility index (Phi) is 5.09. The molecule has 0 spiro atoms. The molecule has 0 aliphatic carbocycles. The Morgan fingerprint density at radius 2 is 2.14 bits per heavy atom. The van der Waals surface area contributed by atoms with Gasteiger partial charge in [0.2, 0.25) is 0 Å². The molecule has 5 nitrogen and oxygen atoms in total. The number of hydrogen-bond acceptors (Lipinski definition) is 4. The molecule has 0 saturated carbocycles. The Labute approximate surface area is 125 Å². The minimum atomic E-state index is 0.423. The zero-order valence-electron chi connectivity index (χ0n) is 13.1. The highest BCUT2D eigenvalue weighted by molar-refractivity contribution is 5.54. The summed E-state index contributed by atoms with van der Waals surface area (Å²) in [6, 6.07) is 2.01. The van der Waals surface area contributed by atoms with Crippen LogP contribution in [0.5, 0.6) is 0 Å². The molecule has 2 rings (SSSR count). The Hall–Kier alpha value is -2.17. The van der Waals surface area contributed by atoms with Crippen LogP contribution in [0.15, 0.2) is 18.3 Å². The lowest BCUT2D eigenvalue weighted by atomic mass is 10.1. The van der Waals surface area contributed by atoms with Crippen molar-refractivity contribution in [3.8, 4) is 0 Å². The molecular weight excluding hydrogens is 262 g/mol. The molecule has 2 N–H and O–H groups in total. The van der Waals surface area contributed by atoms with E-state index >= 15 is 0 Å². The maximum atomic E-state index is 4.65. The largest absolute Gasteiger partial charge is 0.322 e. The van der Waals surface area contributed by atoms with Crippen LogP contribution in [0.4, 0.5) is 11.6 Å². The van der Waals surface area contributed by atoms with Gasteiger partial charge in [-0.2, -0.15) is 5.10 Å². The summed E-state index contributed by atoms with van der Waals surface area (Å²) in [6.45, 7) is 8.38. The number of hydrogen-bond donors (Lipinski definition) is 2. The molecule has 0 bridgehead atoms. The first-order valence-corrected chi connectivity index (χ1v) is 7.45. The Morgan fingerprint density at radius 1 is 1.33 bits per heavy atom. The standard InChI is InChI=1S/C16H23N5/c1-5-7-12-13(8-6-2)18-16(10-17-12)19-15-9-14(11(3)4)20-21-15/h5,7,9-11H,6,8H2,1-4H3,(H2,18,19,20,21)/b7-5-. The average molecular weight is 285 g/mol. The summed E-state index contributed by atoms with van der Waals surface area (Å²) >= 11 is 0. The predicted octanol–water partition coefficient (Wildman–Crippen LogP) is 4.05. The molecule has 2 heterocycles. The smallest absolute Gasteiger partial charge is 0.153 e. The van der Waals surface area contributed by atoms with E-state index in [1.54, 1.807) is 6.20 Å². The summed E-state index contributed by atoms with van der Waals surface area (Å²) in [4.78, 5) is 9.13. The van der Waals surface area contributed by atoms with Crippen LogP contribution in [0.25, 0.3) is 6.08 Å². The van der Waals surface area contributed by atoms with Crippen LogP contribution in [0.3, 0.4) is 0 Å². The first-order valence-electron chi connectivity index (χ1n) is 7.45. The van der Waals surface area contributed by atoms with Gasteiger partial charge in [0, 0.05) is 11.8 Å². The number of nitrogens with zero attached hydrogens (tertiary/aromatic N) is 3. The maximum absolute atomic E-state index is 4.65. The van der Waals surface area contributed by atoms with Gasteiger partial charge in [-0.3, -0.25) is 10.1 Å². The van der Waals surface area contributed by atoms with Crippen molar-refractivity contribution in [3.63, 3.8) is 0 Å². The van der Waals surface area contributed by atoms with Crippen LogP contribution in [-0.4, -0.2) is 20.2 Å². The number of aromatic nitrogens is 4. The van der Waals surface area contributed by atoms with Gasteiger partial charge in [0.25, 0.3) is 0 Å².